The number of fused-ring (bicyclic) bond motifs is 1. The van der Waals surface area contributed by atoms with Gasteiger partial charge in [-0.3, -0.25) is 4.79 Å². The van der Waals surface area contributed by atoms with Gasteiger partial charge in [0, 0.05) is 17.7 Å². The van der Waals surface area contributed by atoms with E-state index in [0.717, 1.165) is 11.1 Å². The highest BCUT2D eigenvalue weighted by molar-refractivity contribution is 6.14. The minimum atomic E-state index is -1.86. The minimum absolute atomic E-state index is 0.297. The standard InChI is InChI=1S/C30H32N2O4/c1-29(2,3)36-28(34)31-20-12-18-24(23-15-8-5-9-16-23)30(35)25-17-10-11-19-26(25)32(27(30)33)21-22-13-6-4-7-14-22/h4-11,13-19,35H,12,20-21H2,1-3H3,(H,31,34)/b24-18+. The Kier molecular flexibility index (Phi) is 7.27. The lowest BCUT2D eigenvalue weighted by molar-refractivity contribution is -0.130. The molecule has 4 rings (SSSR count). The maximum Gasteiger partial charge on any atom is 0.407 e. The van der Waals surface area contributed by atoms with E-state index in [-0.39, 0.29) is 0 Å². The number of nitrogens with one attached hydrogen (secondary N) is 1. The van der Waals surface area contributed by atoms with E-state index in [1.54, 1.807) is 31.7 Å². The van der Waals surface area contributed by atoms with Crippen LogP contribution in [0.1, 0.15) is 43.9 Å². The summed E-state index contributed by atoms with van der Waals surface area (Å²) in [5.41, 5.74) is 0.968. The molecule has 3 aromatic carbocycles. The van der Waals surface area contributed by atoms with Crippen LogP contribution in [-0.4, -0.2) is 29.3 Å². The maximum atomic E-state index is 13.9. The average molecular weight is 485 g/mol. The van der Waals surface area contributed by atoms with Crippen LogP contribution in [0.3, 0.4) is 0 Å². The molecule has 2 N–H and O–H groups in total. The molecule has 2 amide bonds. The van der Waals surface area contributed by atoms with Gasteiger partial charge in [-0.15, -0.1) is 0 Å². The highest BCUT2D eigenvalue weighted by Crippen LogP contribution is 2.48. The highest BCUT2D eigenvalue weighted by atomic mass is 16.6. The van der Waals surface area contributed by atoms with Gasteiger partial charge in [-0.05, 0) is 44.4 Å². The number of nitrogens with zero attached hydrogens (tertiary/aromatic N) is 1. The van der Waals surface area contributed by atoms with Crippen LogP contribution in [-0.2, 0) is 21.7 Å². The second-order valence-electron chi connectivity index (χ2n) is 9.81. The third-order valence-corrected chi connectivity index (χ3v) is 5.96. The lowest BCUT2D eigenvalue weighted by atomic mass is 9.82. The van der Waals surface area contributed by atoms with E-state index in [9.17, 15) is 14.7 Å². The summed E-state index contributed by atoms with van der Waals surface area (Å²) in [4.78, 5) is 27.6. The normalized spacial score (nSPS) is 17.6. The molecule has 0 aliphatic carbocycles. The topological polar surface area (TPSA) is 78.9 Å². The summed E-state index contributed by atoms with van der Waals surface area (Å²) in [5, 5.41) is 14.9. The summed E-state index contributed by atoms with van der Waals surface area (Å²) < 4.78 is 5.30. The number of amides is 2. The fourth-order valence-corrected chi connectivity index (χ4v) is 4.42. The molecule has 0 bridgehead atoms. The van der Waals surface area contributed by atoms with Crippen LogP contribution in [0.4, 0.5) is 10.5 Å². The van der Waals surface area contributed by atoms with Crippen molar-refractivity contribution in [1.82, 2.24) is 5.32 Å². The monoisotopic (exact) mass is 484 g/mol. The third-order valence-electron chi connectivity index (χ3n) is 5.96. The van der Waals surface area contributed by atoms with Gasteiger partial charge in [0.25, 0.3) is 5.91 Å². The van der Waals surface area contributed by atoms with E-state index < -0.39 is 23.2 Å². The molecule has 0 radical (unpaired) electrons. The molecule has 0 saturated heterocycles. The number of ether oxygens (including phenoxy) is 1. The fraction of sp³-hybridized carbons (Fsp3) is 0.267. The van der Waals surface area contributed by atoms with E-state index in [1.165, 1.54) is 0 Å². The van der Waals surface area contributed by atoms with E-state index in [1.807, 2.05) is 84.9 Å². The summed E-state index contributed by atoms with van der Waals surface area (Å²) in [6.07, 6.45) is 1.72. The molecule has 6 heteroatoms. The molecular formula is C30H32N2O4. The van der Waals surface area contributed by atoms with Crippen molar-refractivity contribution in [2.24, 2.45) is 0 Å². The van der Waals surface area contributed by atoms with Crippen LogP contribution >= 0.6 is 0 Å². The smallest absolute Gasteiger partial charge is 0.407 e. The summed E-state index contributed by atoms with van der Waals surface area (Å²) in [5.74, 6) is -0.400. The predicted molar refractivity (Wildman–Crippen MR) is 141 cm³/mol. The summed E-state index contributed by atoms with van der Waals surface area (Å²) in [6, 6.07) is 26.5. The molecule has 1 aliphatic heterocycles. The molecule has 1 atom stereocenters. The van der Waals surface area contributed by atoms with Crippen LogP contribution in [0.15, 0.2) is 91.0 Å². The van der Waals surface area contributed by atoms with Gasteiger partial charge in [0.15, 0.2) is 5.60 Å². The number of anilines is 1. The second kappa shape index (κ2) is 10.4. The number of hydrogen-bond donors (Lipinski definition) is 2. The van der Waals surface area contributed by atoms with Crippen LogP contribution in [0.25, 0.3) is 5.57 Å². The Balaban J connectivity index is 1.67. The molecule has 186 valence electrons. The lowest BCUT2D eigenvalue weighted by Gasteiger charge is -2.27. The van der Waals surface area contributed by atoms with Crippen molar-refractivity contribution < 1.29 is 19.4 Å². The second-order valence-corrected chi connectivity index (χ2v) is 9.81. The Morgan fingerprint density at radius 2 is 1.58 bits per heavy atom. The van der Waals surface area contributed by atoms with Crippen molar-refractivity contribution in [3.63, 3.8) is 0 Å². The number of hydrogen-bond acceptors (Lipinski definition) is 4. The van der Waals surface area contributed by atoms with E-state index in [4.69, 9.17) is 4.74 Å². The molecule has 1 aliphatic rings. The molecule has 36 heavy (non-hydrogen) atoms. The Morgan fingerprint density at radius 1 is 0.972 bits per heavy atom. The SMILES string of the molecule is CC(C)(C)OC(=O)NCC/C=C(\c1ccccc1)C1(O)C(=O)N(Cc2ccccc2)c2ccccc21. The quantitative estimate of drug-likeness (QED) is 0.439. The van der Waals surface area contributed by atoms with Gasteiger partial charge in [-0.25, -0.2) is 4.79 Å². The van der Waals surface area contributed by atoms with Gasteiger partial charge in [0.1, 0.15) is 5.60 Å². The van der Waals surface area contributed by atoms with Gasteiger partial charge in [0.05, 0.1) is 12.2 Å². The van der Waals surface area contributed by atoms with Crippen molar-refractivity contribution in [3.8, 4) is 0 Å². The summed E-state index contributed by atoms with van der Waals surface area (Å²) in [7, 11) is 0. The number of carbonyl (C=O) groups excluding carboxylic acids is 2. The van der Waals surface area contributed by atoms with Crippen LogP contribution in [0, 0.1) is 0 Å². The Bertz CT molecular complexity index is 1250. The number of benzene rings is 3. The van der Waals surface area contributed by atoms with Crippen molar-refractivity contribution in [2.45, 2.75) is 44.9 Å². The first-order valence-electron chi connectivity index (χ1n) is 12.1. The zero-order valence-corrected chi connectivity index (χ0v) is 20.9. The third kappa shape index (κ3) is 5.34. The van der Waals surface area contributed by atoms with Crippen LogP contribution < -0.4 is 10.2 Å². The average Bonchev–Trinajstić information content (AvgIpc) is 3.06. The molecule has 6 nitrogen and oxygen atoms in total. The Labute approximate surface area is 212 Å². The van der Waals surface area contributed by atoms with Gasteiger partial charge in [-0.2, -0.15) is 0 Å². The van der Waals surface area contributed by atoms with Gasteiger partial charge >= 0.3 is 6.09 Å². The zero-order valence-electron chi connectivity index (χ0n) is 20.9. The molecular weight excluding hydrogens is 452 g/mol. The summed E-state index contributed by atoms with van der Waals surface area (Å²) in [6.45, 7) is 6.06. The molecule has 3 aromatic rings. The van der Waals surface area contributed by atoms with E-state index in [0.29, 0.717) is 36.3 Å². The first-order valence-corrected chi connectivity index (χ1v) is 12.1. The fourth-order valence-electron chi connectivity index (χ4n) is 4.42. The van der Waals surface area contributed by atoms with Gasteiger partial charge in [0.2, 0.25) is 0 Å². The number of para-hydroxylation sites is 1. The van der Waals surface area contributed by atoms with Crippen molar-refractivity contribution in [2.75, 3.05) is 11.4 Å². The van der Waals surface area contributed by atoms with Crippen molar-refractivity contribution in [1.29, 1.82) is 0 Å². The molecule has 0 fully saturated rings. The number of alkyl carbamates (subject to hydrolysis) is 1. The lowest BCUT2D eigenvalue weighted by Crippen LogP contribution is -2.41. The van der Waals surface area contributed by atoms with Crippen molar-refractivity contribution >= 4 is 23.3 Å². The molecule has 1 heterocycles. The van der Waals surface area contributed by atoms with E-state index in [2.05, 4.69) is 5.32 Å². The first kappa shape index (κ1) is 25.2. The van der Waals surface area contributed by atoms with Crippen molar-refractivity contribution in [3.05, 3.63) is 108 Å². The van der Waals surface area contributed by atoms with E-state index >= 15 is 0 Å². The first-order chi connectivity index (χ1) is 17.2. The van der Waals surface area contributed by atoms with Gasteiger partial charge < -0.3 is 20.1 Å². The largest absolute Gasteiger partial charge is 0.444 e. The number of rotatable bonds is 7. The predicted octanol–water partition coefficient (Wildman–Crippen LogP) is 5.42. The van der Waals surface area contributed by atoms with Gasteiger partial charge in [-0.1, -0.05) is 84.9 Å². The number of carbonyl (C=O) groups is 2. The highest BCUT2D eigenvalue weighted by Gasteiger charge is 2.52. The molecule has 0 spiro atoms. The summed E-state index contributed by atoms with van der Waals surface area (Å²) >= 11 is 0. The Morgan fingerprint density at radius 3 is 2.25 bits per heavy atom. The number of aliphatic hydroxyl groups is 1. The zero-order chi connectivity index (χ0) is 25.8. The molecule has 0 aromatic heterocycles. The molecule has 1 unspecified atom stereocenters. The van der Waals surface area contributed by atoms with Crippen LogP contribution in [0.5, 0.6) is 0 Å². The molecule has 0 saturated carbocycles. The van der Waals surface area contributed by atoms with Crippen LogP contribution in [0.2, 0.25) is 0 Å². The minimum Gasteiger partial charge on any atom is -0.444 e. The maximum absolute atomic E-state index is 13.9. The Hall–Kier alpha value is -3.90.